The van der Waals surface area contributed by atoms with E-state index >= 15 is 0 Å². The van der Waals surface area contributed by atoms with Crippen LogP contribution >= 0.6 is 12.0 Å². The smallest absolute Gasteiger partial charge is 0.326 e. The third kappa shape index (κ3) is 6.80. The van der Waals surface area contributed by atoms with Crippen molar-refractivity contribution in [1.29, 1.82) is 0 Å². The number of H-pyrrole nitrogens is 2. The van der Waals surface area contributed by atoms with Gasteiger partial charge in [0.05, 0.1) is 55.5 Å². The predicted octanol–water partition coefficient (Wildman–Crippen LogP) is 5.56. The van der Waals surface area contributed by atoms with Gasteiger partial charge in [-0.3, -0.25) is 18.9 Å². The maximum atomic E-state index is 12.2. The van der Waals surface area contributed by atoms with Crippen molar-refractivity contribution in [3.8, 4) is 5.75 Å². The van der Waals surface area contributed by atoms with Crippen molar-refractivity contribution in [2.45, 2.75) is 14.7 Å². The van der Waals surface area contributed by atoms with Crippen molar-refractivity contribution in [2.75, 3.05) is 5.73 Å². The number of phenolic OH excluding ortho intramolecular Hbond substituents is 1. The van der Waals surface area contributed by atoms with E-state index in [1.165, 1.54) is 42.5 Å². The van der Waals surface area contributed by atoms with E-state index in [9.17, 15) is 40.6 Å². The Morgan fingerprint density at radius 3 is 2.16 bits per heavy atom. The third-order valence-electron chi connectivity index (χ3n) is 7.11. The number of rotatable bonds is 9. The standard InChI is InChI=1S/C28H19N7O12S3/c29-19-11-16-12(8-24(19)50(43,44)45)7-23(48-47-46-39)25(26(16)36)35-34-22-6-5-21(15-3-2-14(10-17(15)22)49(40,41)42)33-32-13-1-4-20-18(9-13)27(37)31-28(38)30-20/h1-11,36,39H,29H2,(H,40,41,42)(H,43,44,45)(H2,30,31,37,38)/b33-32+,35-34+. The Kier molecular flexibility index (Phi) is 8.93. The average molecular weight is 742 g/mol. The number of hydrogen-bond acceptors (Lipinski definition) is 16. The Morgan fingerprint density at radius 1 is 0.740 bits per heavy atom. The van der Waals surface area contributed by atoms with Crippen LogP contribution in [-0.4, -0.2) is 46.3 Å². The number of nitrogen functional groups attached to an aromatic ring is 1. The van der Waals surface area contributed by atoms with Crippen LogP contribution in [0.25, 0.3) is 32.4 Å². The first-order valence-corrected chi connectivity index (χ1v) is 17.1. The van der Waals surface area contributed by atoms with E-state index in [1.807, 2.05) is 0 Å². The Labute approximate surface area is 282 Å². The topological polar surface area (TPSA) is 309 Å². The number of fused-ring (bicyclic) bond motifs is 3. The first-order chi connectivity index (χ1) is 23.6. The molecule has 0 saturated carbocycles. The molecule has 0 aliphatic carbocycles. The number of nitrogens with two attached hydrogens (primary N) is 1. The van der Waals surface area contributed by atoms with Crippen LogP contribution in [0.4, 0.5) is 28.4 Å². The summed E-state index contributed by atoms with van der Waals surface area (Å²) in [5.41, 5.74) is 4.49. The molecule has 0 saturated heterocycles. The summed E-state index contributed by atoms with van der Waals surface area (Å²) in [6.07, 6.45) is 0. The summed E-state index contributed by atoms with van der Waals surface area (Å²) in [6.45, 7) is 0. The molecule has 1 heterocycles. The van der Waals surface area contributed by atoms with E-state index in [0.29, 0.717) is 12.0 Å². The second-order valence-corrected chi connectivity index (χ2v) is 13.8. The van der Waals surface area contributed by atoms with E-state index < -0.39 is 52.7 Å². The maximum absolute atomic E-state index is 12.2. The molecule has 0 amide bonds. The van der Waals surface area contributed by atoms with Gasteiger partial charge in [-0.15, -0.1) is 19.7 Å². The summed E-state index contributed by atoms with van der Waals surface area (Å²) in [6, 6.07) is 14.0. The molecule has 19 nitrogen and oxygen atoms in total. The summed E-state index contributed by atoms with van der Waals surface area (Å²) in [4.78, 5) is 27.2. The quantitative estimate of drug-likeness (QED) is 0.0238. The number of aromatic hydroxyl groups is 1. The lowest BCUT2D eigenvalue weighted by molar-refractivity contribution is -0.432. The van der Waals surface area contributed by atoms with Gasteiger partial charge >= 0.3 is 5.69 Å². The lowest BCUT2D eigenvalue weighted by Crippen LogP contribution is -2.21. The molecule has 0 fully saturated rings. The average Bonchev–Trinajstić information content (AvgIpc) is 3.05. The maximum Gasteiger partial charge on any atom is 0.326 e. The van der Waals surface area contributed by atoms with Crippen molar-refractivity contribution in [3.05, 3.63) is 87.6 Å². The van der Waals surface area contributed by atoms with Crippen molar-refractivity contribution >= 4 is 93.2 Å². The molecule has 6 rings (SSSR count). The lowest BCUT2D eigenvalue weighted by atomic mass is 10.1. The zero-order valence-corrected chi connectivity index (χ0v) is 26.9. The van der Waals surface area contributed by atoms with Crippen LogP contribution in [0.3, 0.4) is 0 Å². The highest BCUT2D eigenvalue weighted by molar-refractivity contribution is 7.94. The van der Waals surface area contributed by atoms with Gasteiger partial charge in [-0.25, -0.2) is 10.1 Å². The second kappa shape index (κ2) is 13.0. The summed E-state index contributed by atoms with van der Waals surface area (Å²) in [5.74, 6) is -0.587. The van der Waals surface area contributed by atoms with Gasteiger partial charge in [-0.1, -0.05) is 11.1 Å². The van der Waals surface area contributed by atoms with Crippen molar-refractivity contribution in [3.63, 3.8) is 0 Å². The van der Waals surface area contributed by atoms with E-state index in [4.69, 9.17) is 11.0 Å². The molecule has 0 unspecified atom stereocenters. The fourth-order valence-corrected chi connectivity index (χ4v) is 6.52. The van der Waals surface area contributed by atoms with Gasteiger partial charge in [0.2, 0.25) is 0 Å². The molecule has 1 aromatic heterocycles. The zero-order chi connectivity index (χ0) is 36.0. The predicted molar refractivity (Wildman–Crippen MR) is 178 cm³/mol. The number of aromatic nitrogens is 2. The van der Waals surface area contributed by atoms with E-state index in [-0.39, 0.29) is 60.1 Å². The van der Waals surface area contributed by atoms with Gasteiger partial charge < -0.3 is 15.8 Å². The molecule has 50 heavy (non-hydrogen) atoms. The summed E-state index contributed by atoms with van der Waals surface area (Å²) in [7, 11) is -9.44. The fourth-order valence-electron chi connectivity index (χ4n) is 4.89. The van der Waals surface area contributed by atoms with E-state index in [1.54, 1.807) is 0 Å². The molecule has 0 aliphatic rings. The molecule has 0 spiro atoms. The number of azo groups is 2. The highest BCUT2D eigenvalue weighted by Crippen LogP contribution is 2.46. The molecule has 0 aliphatic heterocycles. The van der Waals surface area contributed by atoms with Crippen LogP contribution in [-0.2, 0) is 29.6 Å². The van der Waals surface area contributed by atoms with Crippen molar-refractivity contribution in [1.82, 2.24) is 9.97 Å². The van der Waals surface area contributed by atoms with Crippen LogP contribution in [0, 0.1) is 0 Å². The fraction of sp³-hybridized carbons (Fsp3) is 0. The number of nitrogens with one attached hydrogen (secondary N) is 2. The van der Waals surface area contributed by atoms with Gasteiger partial charge in [-0.2, -0.15) is 21.9 Å². The molecule has 0 atom stereocenters. The van der Waals surface area contributed by atoms with Crippen LogP contribution in [0.1, 0.15) is 0 Å². The first kappa shape index (κ1) is 34.3. The molecule has 0 bridgehead atoms. The largest absolute Gasteiger partial charge is 0.505 e. The van der Waals surface area contributed by atoms with Gasteiger partial charge in [0.25, 0.3) is 25.8 Å². The van der Waals surface area contributed by atoms with Crippen LogP contribution < -0.4 is 17.0 Å². The van der Waals surface area contributed by atoms with Crippen LogP contribution in [0.5, 0.6) is 5.75 Å². The zero-order valence-electron chi connectivity index (χ0n) is 24.5. The third-order valence-corrected chi connectivity index (χ3v) is 9.49. The van der Waals surface area contributed by atoms with Gasteiger partial charge in [0, 0.05) is 16.2 Å². The number of phenols is 1. The number of benzene rings is 5. The Hall–Kier alpha value is -5.59. The SMILES string of the molecule is Nc1cc2c(O)c(/N=N/c3ccc(/N=N/c4ccc5[nH]c(=O)[nH]c(=O)c5c4)c4ccc(S(=O)(=O)O)cc34)c(SOOO)cc2cc1S(=O)(=O)O. The molecule has 256 valence electrons. The summed E-state index contributed by atoms with van der Waals surface area (Å²) in [5, 5.41) is 40.7. The van der Waals surface area contributed by atoms with E-state index in [0.717, 1.165) is 24.3 Å². The normalized spacial score (nSPS) is 12.6. The monoisotopic (exact) mass is 741 g/mol. The minimum atomic E-state index is -4.75. The molecule has 6 aromatic rings. The highest BCUT2D eigenvalue weighted by Gasteiger charge is 2.21. The molecule has 0 radical (unpaired) electrons. The summed E-state index contributed by atoms with van der Waals surface area (Å²) < 4.78 is 71.3. The number of aromatic amines is 2. The van der Waals surface area contributed by atoms with Gasteiger partial charge in [0.15, 0.2) is 5.75 Å². The van der Waals surface area contributed by atoms with Gasteiger partial charge in [0.1, 0.15) is 10.6 Å². The molecule has 5 aromatic carbocycles. The van der Waals surface area contributed by atoms with Crippen LogP contribution in [0.2, 0.25) is 0 Å². The molecule has 22 heteroatoms. The minimum absolute atomic E-state index is 0.00153. The molecular formula is C28H19N7O12S3. The van der Waals surface area contributed by atoms with E-state index in [2.05, 4.69) is 39.8 Å². The van der Waals surface area contributed by atoms with Crippen LogP contribution in [0.15, 0.2) is 111 Å². The number of hydrogen-bond donors (Lipinski definition) is 7. The van der Waals surface area contributed by atoms with Gasteiger partial charge in [-0.05, 0) is 66.0 Å². The number of anilines is 1. The Bertz CT molecular complexity index is 2780. The Morgan fingerprint density at radius 2 is 1.46 bits per heavy atom. The first-order valence-electron chi connectivity index (χ1n) is 13.5. The number of nitrogens with zero attached hydrogens (tertiary/aromatic N) is 4. The van der Waals surface area contributed by atoms with Crippen molar-refractivity contribution < 1.29 is 45.7 Å². The second-order valence-electron chi connectivity index (χ2n) is 10.2. The lowest BCUT2D eigenvalue weighted by Gasteiger charge is -2.11. The Balaban J connectivity index is 1.48. The molecular weight excluding hydrogens is 723 g/mol. The molecule has 8 N–H and O–H groups in total. The summed E-state index contributed by atoms with van der Waals surface area (Å²) >= 11 is 0.339. The minimum Gasteiger partial charge on any atom is -0.505 e. The highest BCUT2D eigenvalue weighted by atomic mass is 32.2. The van der Waals surface area contributed by atoms with Crippen molar-refractivity contribution in [2.24, 2.45) is 20.5 Å².